The Kier molecular flexibility index (Phi) is 7.69. The van der Waals surface area contributed by atoms with Gasteiger partial charge in [-0.15, -0.1) is 0 Å². The summed E-state index contributed by atoms with van der Waals surface area (Å²) < 4.78 is 8.03. The lowest BCUT2D eigenvalue weighted by Gasteiger charge is -2.31. The second-order valence-electron chi connectivity index (χ2n) is 8.64. The molecule has 3 aromatic rings. The summed E-state index contributed by atoms with van der Waals surface area (Å²) in [5.74, 6) is 0.738. The lowest BCUT2D eigenvalue weighted by Crippen LogP contribution is -2.40. The number of rotatable bonds is 8. The van der Waals surface area contributed by atoms with Crippen LogP contribution in [-0.2, 0) is 29.2 Å². The summed E-state index contributed by atoms with van der Waals surface area (Å²) >= 11 is 5.39. The Bertz CT molecular complexity index is 1160. The minimum atomic E-state index is -0.0132. The molecule has 1 aliphatic heterocycles. The molecule has 33 heavy (non-hydrogen) atoms. The van der Waals surface area contributed by atoms with E-state index in [1.807, 2.05) is 35.8 Å². The smallest absolute Gasteiger partial charge is 0.222 e. The van der Waals surface area contributed by atoms with Gasteiger partial charge in [0.25, 0.3) is 0 Å². The minimum absolute atomic E-state index is 0.0132. The molecule has 0 aliphatic carbocycles. The number of morpholine rings is 1. The Morgan fingerprint density at radius 1 is 1.24 bits per heavy atom. The molecule has 1 atom stereocenters. The van der Waals surface area contributed by atoms with Crippen LogP contribution in [0.3, 0.4) is 0 Å². The highest BCUT2D eigenvalue weighted by molar-refractivity contribution is 7.71. The summed E-state index contributed by atoms with van der Waals surface area (Å²) in [5.41, 5.74) is 4.48. The molecule has 1 saturated heterocycles. The van der Waals surface area contributed by atoms with Crippen molar-refractivity contribution in [3.8, 4) is 11.4 Å². The molecule has 1 aromatic heterocycles. The molecular formula is C25H31N5O2S. The van der Waals surface area contributed by atoms with Crippen LogP contribution < -0.4 is 5.32 Å². The number of benzene rings is 2. The molecule has 2 heterocycles. The number of H-pyrrole nitrogens is 1. The summed E-state index contributed by atoms with van der Waals surface area (Å²) in [5, 5.41) is 10.3. The fraction of sp³-hybridized carbons (Fsp3) is 0.400. The van der Waals surface area contributed by atoms with Gasteiger partial charge in [-0.25, -0.2) is 0 Å². The summed E-state index contributed by atoms with van der Waals surface area (Å²) in [6, 6.07) is 16.5. The molecule has 4 rings (SSSR count). The first-order valence-electron chi connectivity index (χ1n) is 11.4. The Morgan fingerprint density at radius 3 is 2.88 bits per heavy atom. The maximum Gasteiger partial charge on any atom is 0.222 e. The van der Waals surface area contributed by atoms with E-state index < -0.39 is 0 Å². The Hall–Kier alpha value is -2.81. The van der Waals surface area contributed by atoms with Gasteiger partial charge in [0.15, 0.2) is 10.6 Å². The maximum absolute atomic E-state index is 12.6. The Balaban J connectivity index is 1.31. The van der Waals surface area contributed by atoms with Crippen LogP contribution in [0.2, 0.25) is 0 Å². The second kappa shape index (κ2) is 10.9. The third kappa shape index (κ3) is 6.37. The van der Waals surface area contributed by atoms with E-state index in [4.69, 9.17) is 17.0 Å². The largest absolute Gasteiger partial charge is 0.376 e. The van der Waals surface area contributed by atoms with Crippen molar-refractivity contribution >= 4 is 18.1 Å². The van der Waals surface area contributed by atoms with Crippen LogP contribution in [0.25, 0.3) is 11.4 Å². The number of aromatic amines is 1. The van der Waals surface area contributed by atoms with Gasteiger partial charge in [0.1, 0.15) is 0 Å². The van der Waals surface area contributed by atoms with Crippen LogP contribution in [0.15, 0.2) is 48.5 Å². The number of amides is 1. The van der Waals surface area contributed by atoms with Gasteiger partial charge in [-0.2, -0.15) is 5.10 Å². The highest BCUT2D eigenvalue weighted by atomic mass is 32.1. The molecule has 2 aromatic carbocycles. The fourth-order valence-electron chi connectivity index (χ4n) is 4.16. The molecule has 7 nitrogen and oxygen atoms in total. The standard InChI is InChI=1S/C25H31N5O2S/c1-18-5-3-8-22(13-18)24-27-28-25(33)30(24)10-9-23(31)26-15-20-6-4-7-21(14-20)17-29-11-12-32-19(2)16-29/h3-8,13-14,19H,9-12,15-17H2,1-2H3,(H,26,31)(H,28,33). The van der Waals surface area contributed by atoms with E-state index in [0.29, 0.717) is 24.3 Å². The molecule has 0 bridgehead atoms. The van der Waals surface area contributed by atoms with Crippen molar-refractivity contribution in [2.45, 2.75) is 46.0 Å². The van der Waals surface area contributed by atoms with Crippen LogP contribution in [0, 0.1) is 11.7 Å². The zero-order valence-corrected chi connectivity index (χ0v) is 20.0. The van der Waals surface area contributed by atoms with Gasteiger partial charge in [-0.1, -0.05) is 48.0 Å². The average Bonchev–Trinajstić information content (AvgIpc) is 3.17. The Labute approximate surface area is 199 Å². The lowest BCUT2D eigenvalue weighted by molar-refractivity contribution is -0.121. The van der Waals surface area contributed by atoms with Crippen molar-refractivity contribution in [2.75, 3.05) is 19.7 Å². The van der Waals surface area contributed by atoms with E-state index in [1.54, 1.807) is 0 Å². The number of hydrogen-bond acceptors (Lipinski definition) is 5. The number of aryl methyl sites for hydroxylation is 1. The second-order valence-corrected chi connectivity index (χ2v) is 9.02. The summed E-state index contributed by atoms with van der Waals surface area (Å²) in [6.07, 6.45) is 0.606. The topological polar surface area (TPSA) is 75.2 Å². The molecule has 0 spiro atoms. The normalized spacial score (nSPS) is 16.6. The molecule has 1 amide bonds. The van der Waals surface area contributed by atoms with Crippen LogP contribution in [0.5, 0.6) is 0 Å². The van der Waals surface area contributed by atoms with Crippen molar-refractivity contribution in [1.29, 1.82) is 0 Å². The molecule has 1 fully saturated rings. The highest BCUT2D eigenvalue weighted by Gasteiger charge is 2.16. The lowest BCUT2D eigenvalue weighted by atomic mass is 10.1. The van der Waals surface area contributed by atoms with Gasteiger partial charge in [0.05, 0.1) is 12.7 Å². The molecule has 0 radical (unpaired) electrons. The summed E-state index contributed by atoms with van der Waals surface area (Å²) in [7, 11) is 0. The molecule has 2 N–H and O–H groups in total. The van der Waals surface area contributed by atoms with Crippen molar-refractivity contribution in [2.24, 2.45) is 0 Å². The number of nitrogens with one attached hydrogen (secondary N) is 2. The molecule has 174 valence electrons. The highest BCUT2D eigenvalue weighted by Crippen LogP contribution is 2.19. The molecular weight excluding hydrogens is 434 g/mol. The van der Waals surface area contributed by atoms with E-state index >= 15 is 0 Å². The summed E-state index contributed by atoms with van der Waals surface area (Å²) in [4.78, 5) is 15.0. The fourth-order valence-corrected chi connectivity index (χ4v) is 4.39. The van der Waals surface area contributed by atoms with Crippen LogP contribution >= 0.6 is 12.2 Å². The SMILES string of the molecule is Cc1cccc(-c2n[nH]c(=S)n2CCC(=O)NCc2cccc(CN3CCOC(C)C3)c2)c1. The van der Waals surface area contributed by atoms with E-state index in [2.05, 4.69) is 51.6 Å². The first-order valence-corrected chi connectivity index (χ1v) is 11.8. The summed E-state index contributed by atoms with van der Waals surface area (Å²) in [6.45, 7) is 8.71. The first-order chi connectivity index (χ1) is 16.0. The first kappa shape index (κ1) is 23.4. The molecule has 8 heteroatoms. The van der Waals surface area contributed by atoms with Gasteiger partial charge in [0, 0.05) is 44.7 Å². The molecule has 1 aliphatic rings. The number of carbonyl (C=O) groups excluding carboxylic acids is 1. The molecule has 0 saturated carbocycles. The van der Waals surface area contributed by atoms with Crippen molar-refractivity contribution in [3.05, 3.63) is 70.0 Å². The van der Waals surface area contributed by atoms with Gasteiger partial charge >= 0.3 is 0 Å². The quantitative estimate of drug-likeness (QED) is 0.495. The predicted molar refractivity (Wildman–Crippen MR) is 131 cm³/mol. The third-order valence-electron chi connectivity index (χ3n) is 5.81. The van der Waals surface area contributed by atoms with Gasteiger partial charge in [-0.05, 0) is 43.3 Å². The minimum Gasteiger partial charge on any atom is -0.376 e. The van der Waals surface area contributed by atoms with Crippen LogP contribution in [0.4, 0.5) is 0 Å². The predicted octanol–water partition coefficient (Wildman–Crippen LogP) is 3.84. The zero-order chi connectivity index (χ0) is 23.2. The number of aromatic nitrogens is 3. The van der Waals surface area contributed by atoms with E-state index in [1.165, 1.54) is 5.56 Å². The van der Waals surface area contributed by atoms with Crippen LogP contribution in [0.1, 0.15) is 30.0 Å². The average molecular weight is 466 g/mol. The molecule has 1 unspecified atom stereocenters. The number of nitrogens with zero attached hydrogens (tertiary/aromatic N) is 3. The number of carbonyl (C=O) groups is 1. The van der Waals surface area contributed by atoms with Gasteiger partial charge < -0.3 is 10.1 Å². The van der Waals surface area contributed by atoms with Gasteiger partial charge in [-0.3, -0.25) is 19.4 Å². The van der Waals surface area contributed by atoms with Crippen molar-refractivity contribution < 1.29 is 9.53 Å². The van der Waals surface area contributed by atoms with Crippen molar-refractivity contribution in [3.63, 3.8) is 0 Å². The monoisotopic (exact) mass is 465 g/mol. The van der Waals surface area contributed by atoms with E-state index in [-0.39, 0.29) is 12.0 Å². The van der Waals surface area contributed by atoms with E-state index in [9.17, 15) is 4.79 Å². The third-order valence-corrected chi connectivity index (χ3v) is 6.12. The number of hydrogen-bond donors (Lipinski definition) is 2. The number of ether oxygens (including phenoxy) is 1. The van der Waals surface area contributed by atoms with E-state index in [0.717, 1.165) is 48.8 Å². The van der Waals surface area contributed by atoms with Gasteiger partial charge in [0.2, 0.25) is 5.91 Å². The van der Waals surface area contributed by atoms with Crippen molar-refractivity contribution in [1.82, 2.24) is 25.0 Å². The maximum atomic E-state index is 12.6. The zero-order valence-electron chi connectivity index (χ0n) is 19.2. The van der Waals surface area contributed by atoms with Crippen LogP contribution in [-0.4, -0.2) is 51.4 Å². The Morgan fingerprint density at radius 2 is 2.06 bits per heavy atom.